The van der Waals surface area contributed by atoms with Gasteiger partial charge in [0.15, 0.2) is 11.6 Å². The van der Waals surface area contributed by atoms with Crippen LogP contribution in [0.1, 0.15) is 25.0 Å². The fourth-order valence-corrected chi connectivity index (χ4v) is 1.49. The number of hydrogen-bond acceptors (Lipinski definition) is 2. The van der Waals surface area contributed by atoms with E-state index in [1.165, 1.54) is 6.07 Å². The van der Waals surface area contributed by atoms with Crippen LogP contribution < -0.4 is 10.1 Å². The van der Waals surface area contributed by atoms with Crippen molar-refractivity contribution < 1.29 is 9.13 Å². The minimum absolute atomic E-state index is 0.0159. The SMILES string of the molecule is CNCc1cc(C)cc(F)c1OC(C)C. The van der Waals surface area contributed by atoms with Crippen molar-refractivity contribution >= 4 is 0 Å². The maximum atomic E-state index is 13.6. The molecule has 0 saturated heterocycles. The van der Waals surface area contributed by atoms with Crippen LogP contribution in [0.5, 0.6) is 5.75 Å². The van der Waals surface area contributed by atoms with E-state index in [9.17, 15) is 4.39 Å². The molecule has 0 saturated carbocycles. The Hall–Kier alpha value is -1.09. The van der Waals surface area contributed by atoms with Crippen molar-refractivity contribution in [3.8, 4) is 5.75 Å². The van der Waals surface area contributed by atoms with Crippen molar-refractivity contribution in [1.82, 2.24) is 5.32 Å². The molecule has 84 valence electrons. The van der Waals surface area contributed by atoms with E-state index in [0.29, 0.717) is 12.3 Å². The first-order valence-electron chi connectivity index (χ1n) is 5.15. The summed E-state index contributed by atoms with van der Waals surface area (Å²) in [5.74, 6) is 0.0823. The fourth-order valence-electron chi connectivity index (χ4n) is 1.49. The molecule has 0 spiro atoms. The van der Waals surface area contributed by atoms with Crippen molar-refractivity contribution in [2.24, 2.45) is 0 Å². The molecule has 1 N–H and O–H groups in total. The van der Waals surface area contributed by atoms with Gasteiger partial charge in [-0.3, -0.25) is 0 Å². The molecule has 0 unspecified atom stereocenters. The molecule has 0 bridgehead atoms. The topological polar surface area (TPSA) is 21.3 Å². The third kappa shape index (κ3) is 3.20. The van der Waals surface area contributed by atoms with Gasteiger partial charge >= 0.3 is 0 Å². The van der Waals surface area contributed by atoms with Gasteiger partial charge in [0.05, 0.1) is 6.10 Å². The molecule has 0 heterocycles. The summed E-state index contributed by atoms with van der Waals surface area (Å²) >= 11 is 0. The highest BCUT2D eigenvalue weighted by molar-refractivity contribution is 5.38. The maximum absolute atomic E-state index is 13.6. The molecule has 2 nitrogen and oxygen atoms in total. The average Bonchev–Trinajstić information content (AvgIpc) is 2.11. The highest BCUT2D eigenvalue weighted by Crippen LogP contribution is 2.25. The Balaban J connectivity index is 3.08. The largest absolute Gasteiger partial charge is 0.488 e. The highest BCUT2D eigenvalue weighted by Gasteiger charge is 2.12. The van der Waals surface area contributed by atoms with Gasteiger partial charge in [0.25, 0.3) is 0 Å². The van der Waals surface area contributed by atoms with Crippen LogP contribution in [-0.2, 0) is 6.54 Å². The van der Waals surface area contributed by atoms with E-state index in [1.54, 1.807) is 0 Å². The molecule has 0 amide bonds. The first kappa shape index (κ1) is 12.0. The zero-order chi connectivity index (χ0) is 11.4. The standard InChI is InChI=1S/C12H18FNO/c1-8(2)15-12-10(7-14-4)5-9(3)6-11(12)13/h5-6,8,14H,7H2,1-4H3. The summed E-state index contributed by atoms with van der Waals surface area (Å²) in [6, 6.07) is 3.44. The van der Waals surface area contributed by atoms with Crippen molar-refractivity contribution in [2.45, 2.75) is 33.4 Å². The molecule has 0 aliphatic rings. The number of hydrogen-bond donors (Lipinski definition) is 1. The fraction of sp³-hybridized carbons (Fsp3) is 0.500. The zero-order valence-electron chi connectivity index (χ0n) is 9.73. The van der Waals surface area contributed by atoms with Crippen molar-refractivity contribution in [1.29, 1.82) is 0 Å². The zero-order valence-corrected chi connectivity index (χ0v) is 9.73. The van der Waals surface area contributed by atoms with Crippen LogP contribution >= 0.6 is 0 Å². The predicted molar refractivity (Wildman–Crippen MR) is 59.7 cm³/mol. The Morgan fingerprint density at radius 1 is 1.40 bits per heavy atom. The van der Waals surface area contributed by atoms with E-state index < -0.39 is 0 Å². The van der Waals surface area contributed by atoms with E-state index in [2.05, 4.69) is 5.32 Å². The summed E-state index contributed by atoms with van der Waals surface area (Å²) in [4.78, 5) is 0. The summed E-state index contributed by atoms with van der Waals surface area (Å²) in [6.07, 6.45) is -0.0159. The van der Waals surface area contributed by atoms with E-state index in [1.807, 2.05) is 33.9 Å². The number of rotatable bonds is 4. The number of aryl methyl sites for hydroxylation is 1. The van der Waals surface area contributed by atoms with Gasteiger partial charge in [-0.15, -0.1) is 0 Å². The molecular weight excluding hydrogens is 193 g/mol. The van der Waals surface area contributed by atoms with Crippen LogP contribution in [-0.4, -0.2) is 13.2 Å². The monoisotopic (exact) mass is 211 g/mol. The summed E-state index contributed by atoms with van der Waals surface area (Å²) in [5.41, 5.74) is 1.78. The predicted octanol–water partition coefficient (Wildman–Crippen LogP) is 2.64. The van der Waals surface area contributed by atoms with E-state index >= 15 is 0 Å². The molecular formula is C12H18FNO. The lowest BCUT2D eigenvalue weighted by Gasteiger charge is -2.15. The normalized spacial score (nSPS) is 10.8. The van der Waals surface area contributed by atoms with Gasteiger partial charge in [-0.25, -0.2) is 4.39 Å². The molecule has 1 aromatic rings. The van der Waals surface area contributed by atoms with Crippen LogP contribution in [0.2, 0.25) is 0 Å². The summed E-state index contributed by atoms with van der Waals surface area (Å²) < 4.78 is 19.1. The second kappa shape index (κ2) is 5.12. The Kier molecular flexibility index (Phi) is 4.09. The van der Waals surface area contributed by atoms with Crippen LogP contribution in [0.3, 0.4) is 0 Å². The number of ether oxygens (including phenoxy) is 1. The summed E-state index contributed by atoms with van der Waals surface area (Å²) in [5, 5.41) is 3.01. The van der Waals surface area contributed by atoms with E-state index in [0.717, 1.165) is 11.1 Å². The first-order chi connectivity index (χ1) is 7.04. The van der Waals surface area contributed by atoms with Crippen LogP contribution in [0, 0.1) is 12.7 Å². The van der Waals surface area contributed by atoms with Crippen molar-refractivity contribution in [2.75, 3.05) is 7.05 Å². The molecule has 1 aromatic carbocycles. The number of benzene rings is 1. The Bertz CT molecular complexity index is 337. The number of halogens is 1. The Morgan fingerprint density at radius 2 is 2.07 bits per heavy atom. The third-order valence-electron chi connectivity index (χ3n) is 1.99. The lowest BCUT2D eigenvalue weighted by molar-refractivity contribution is 0.228. The minimum Gasteiger partial charge on any atom is -0.488 e. The average molecular weight is 211 g/mol. The van der Waals surface area contributed by atoms with E-state index in [4.69, 9.17) is 4.74 Å². The first-order valence-corrected chi connectivity index (χ1v) is 5.15. The Morgan fingerprint density at radius 3 is 2.60 bits per heavy atom. The van der Waals surface area contributed by atoms with Gasteiger partial charge in [0.1, 0.15) is 0 Å². The molecule has 0 aromatic heterocycles. The van der Waals surface area contributed by atoms with Gasteiger partial charge in [0.2, 0.25) is 0 Å². The van der Waals surface area contributed by atoms with Crippen LogP contribution in [0.15, 0.2) is 12.1 Å². The van der Waals surface area contributed by atoms with Gasteiger partial charge in [0, 0.05) is 12.1 Å². The molecule has 0 aliphatic heterocycles. The summed E-state index contributed by atoms with van der Waals surface area (Å²) in [7, 11) is 1.83. The van der Waals surface area contributed by atoms with Gasteiger partial charge in [-0.2, -0.15) is 0 Å². The Labute approximate surface area is 90.4 Å². The quantitative estimate of drug-likeness (QED) is 0.826. The smallest absolute Gasteiger partial charge is 0.165 e. The molecule has 3 heteroatoms. The molecule has 15 heavy (non-hydrogen) atoms. The summed E-state index contributed by atoms with van der Waals surface area (Å²) in [6.45, 7) is 6.27. The minimum atomic E-state index is -0.283. The van der Waals surface area contributed by atoms with Crippen LogP contribution in [0.4, 0.5) is 4.39 Å². The second-order valence-electron chi connectivity index (χ2n) is 3.93. The molecule has 0 aliphatic carbocycles. The molecule has 0 radical (unpaired) electrons. The maximum Gasteiger partial charge on any atom is 0.165 e. The molecule has 1 rings (SSSR count). The van der Waals surface area contributed by atoms with Crippen molar-refractivity contribution in [3.05, 3.63) is 29.1 Å². The lowest BCUT2D eigenvalue weighted by Crippen LogP contribution is -2.13. The lowest BCUT2D eigenvalue weighted by atomic mass is 10.1. The van der Waals surface area contributed by atoms with Gasteiger partial charge < -0.3 is 10.1 Å². The number of nitrogens with one attached hydrogen (secondary N) is 1. The van der Waals surface area contributed by atoms with E-state index in [-0.39, 0.29) is 11.9 Å². The van der Waals surface area contributed by atoms with Gasteiger partial charge in [-0.05, 0) is 39.4 Å². The highest BCUT2D eigenvalue weighted by atomic mass is 19.1. The van der Waals surface area contributed by atoms with Crippen molar-refractivity contribution in [3.63, 3.8) is 0 Å². The molecule has 0 atom stereocenters. The third-order valence-corrected chi connectivity index (χ3v) is 1.99. The second-order valence-corrected chi connectivity index (χ2v) is 3.93. The van der Waals surface area contributed by atoms with Crippen LogP contribution in [0.25, 0.3) is 0 Å². The van der Waals surface area contributed by atoms with Gasteiger partial charge in [-0.1, -0.05) is 6.07 Å². The molecule has 0 fully saturated rings.